The summed E-state index contributed by atoms with van der Waals surface area (Å²) >= 11 is 0. The molecule has 2 aromatic rings. The smallest absolute Gasteiger partial charge is 0.335 e. The van der Waals surface area contributed by atoms with Crippen molar-refractivity contribution in [2.45, 2.75) is 77.8 Å². The third-order valence-electron chi connectivity index (χ3n) is 9.51. The van der Waals surface area contributed by atoms with Gasteiger partial charge in [-0.15, -0.1) is 0 Å². The molecule has 0 radical (unpaired) electrons. The third-order valence-corrected chi connectivity index (χ3v) is 9.51. The van der Waals surface area contributed by atoms with Gasteiger partial charge >= 0.3 is 5.97 Å². The topological polar surface area (TPSA) is 132 Å². The van der Waals surface area contributed by atoms with Crippen LogP contribution in [-0.2, 0) is 16.2 Å². The van der Waals surface area contributed by atoms with E-state index in [9.17, 15) is 24.9 Å². The molecule has 2 aromatic carbocycles. The van der Waals surface area contributed by atoms with Gasteiger partial charge in [0.05, 0.1) is 31.9 Å². The van der Waals surface area contributed by atoms with E-state index in [4.69, 9.17) is 9.57 Å². The standard InChI is InChI=1S/C34H49N3O7/c1-19(2)22-12-11-20(3)28(16-22)35-33(40)31-30(21(4)39)29(18-38)44-37(31)17-23-9-8-10-27(32(23)43-7)24-13-25(34(41)42)15-26(14-24)36(5)6/h8-10,13-15,19-22,28-31,38-39H,11-12,16-18H2,1-7H3,(H,35,40)(H,41,42)/t20-,21-,22-,28-,29-,30+,31-/m0/s1. The monoisotopic (exact) mass is 611 g/mol. The molecule has 2 fully saturated rings. The number of carbonyl (C=O) groups is 2. The number of aromatic carboxylic acids is 1. The number of amides is 1. The number of carboxylic acid groups (broad SMARTS) is 1. The fourth-order valence-electron chi connectivity index (χ4n) is 6.80. The highest BCUT2D eigenvalue weighted by molar-refractivity contribution is 5.92. The van der Waals surface area contributed by atoms with Gasteiger partial charge in [-0.2, -0.15) is 5.06 Å². The zero-order chi connectivity index (χ0) is 32.3. The van der Waals surface area contributed by atoms with Crippen LogP contribution in [-0.4, -0.2) is 84.4 Å². The molecule has 2 aliphatic rings. The van der Waals surface area contributed by atoms with E-state index in [2.05, 4.69) is 26.1 Å². The highest BCUT2D eigenvalue weighted by atomic mass is 16.7. The molecule has 4 rings (SSSR count). The number of ether oxygens (including phenoxy) is 1. The van der Waals surface area contributed by atoms with Crippen molar-refractivity contribution in [1.29, 1.82) is 0 Å². The van der Waals surface area contributed by atoms with Crippen LogP contribution in [0.25, 0.3) is 11.1 Å². The maximum atomic E-state index is 14.0. The number of aliphatic hydroxyl groups excluding tert-OH is 2. The van der Waals surface area contributed by atoms with E-state index in [1.54, 1.807) is 31.2 Å². The van der Waals surface area contributed by atoms with Crippen LogP contribution in [0.5, 0.6) is 5.75 Å². The molecule has 10 heteroatoms. The SMILES string of the molecule is COc1c(CN2O[C@@H](CO)[C@@H]([C@H](C)O)[C@H]2C(=O)N[C@H]2C[C@@H](C(C)C)CC[C@@H]2C)cccc1-c1cc(C(=O)O)cc(N(C)C)c1. The quantitative estimate of drug-likeness (QED) is 0.296. The Morgan fingerprint density at radius 3 is 2.48 bits per heavy atom. The molecule has 1 amide bonds. The Bertz CT molecular complexity index is 1310. The molecule has 242 valence electrons. The van der Waals surface area contributed by atoms with Gasteiger partial charge in [-0.3, -0.25) is 9.63 Å². The van der Waals surface area contributed by atoms with E-state index in [0.717, 1.165) is 24.9 Å². The molecular formula is C34H49N3O7. The van der Waals surface area contributed by atoms with Crippen molar-refractivity contribution < 1.29 is 34.5 Å². The highest BCUT2D eigenvalue weighted by Crippen LogP contribution is 2.39. The second-order valence-electron chi connectivity index (χ2n) is 13.0. The average Bonchev–Trinajstić information content (AvgIpc) is 3.36. The molecule has 7 atom stereocenters. The van der Waals surface area contributed by atoms with E-state index >= 15 is 0 Å². The summed E-state index contributed by atoms with van der Waals surface area (Å²) in [5.74, 6) is -0.00257. The van der Waals surface area contributed by atoms with Crippen molar-refractivity contribution >= 4 is 17.6 Å². The number of nitrogens with zero attached hydrogens (tertiary/aromatic N) is 2. The van der Waals surface area contributed by atoms with Crippen molar-refractivity contribution in [3.8, 4) is 16.9 Å². The molecule has 1 aliphatic heterocycles. The minimum Gasteiger partial charge on any atom is -0.496 e. The molecule has 0 aromatic heterocycles. The number of rotatable bonds is 11. The molecule has 1 saturated heterocycles. The summed E-state index contributed by atoms with van der Waals surface area (Å²) in [6, 6.07) is 9.88. The first-order chi connectivity index (χ1) is 20.9. The number of hydrogen-bond acceptors (Lipinski definition) is 8. The third kappa shape index (κ3) is 7.20. The van der Waals surface area contributed by atoms with Gasteiger partial charge in [0.25, 0.3) is 0 Å². The molecular weight excluding hydrogens is 562 g/mol. The summed E-state index contributed by atoms with van der Waals surface area (Å²) in [6.07, 6.45) is 1.43. The maximum Gasteiger partial charge on any atom is 0.335 e. The number of carboxylic acids is 1. The number of anilines is 1. The summed E-state index contributed by atoms with van der Waals surface area (Å²) in [5.41, 5.74) is 2.96. The number of para-hydroxylation sites is 1. The van der Waals surface area contributed by atoms with Crippen LogP contribution in [0.4, 0.5) is 5.69 Å². The van der Waals surface area contributed by atoms with Crippen LogP contribution < -0.4 is 15.0 Å². The zero-order valence-electron chi connectivity index (χ0n) is 27.0. The van der Waals surface area contributed by atoms with E-state index in [-0.39, 0.29) is 30.7 Å². The average molecular weight is 612 g/mol. The van der Waals surface area contributed by atoms with Crippen LogP contribution in [0.15, 0.2) is 36.4 Å². The number of aliphatic hydroxyl groups is 2. The van der Waals surface area contributed by atoms with E-state index in [0.29, 0.717) is 40.2 Å². The second kappa shape index (κ2) is 14.3. The van der Waals surface area contributed by atoms with Crippen molar-refractivity contribution in [2.75, 3.05) is 32.7 Å². The summed E-state index contributed by atoms with van der Waals surface area (Å²) in [4.78, 5) is 34.0. The normalized spacial score (nSPS) is 26.4. The number of hydrogen-bond donors (Lipinski definition) is 4. The lowest BCUT2D eigenvalue weighted by atomic mass is 9.74. The summed E-state index contributed by atoms with van der Waals surface area (Å²) in [5, 5.41) is 35.6. The van der Waals surface area contributed by atoms with Crippen molar-refractivity contribution in [3.05, 3.63) is 47.5 Å². The van der Waals surface area contributed by atoms with Gasteiger partial charge in [0.1, 0.15) is 17.9 Å². The van der Waals surface area contributed by atoms with E-state index in [1.807, 2.05) is 43.3 Å². The summed E-state index contributed by atoms with van der Waals surface area (Å²) in [6.45, 7) is 8.03. The Kier molecular flexibility index (Phi) is 10.9. The van der Waals surface area contributed by atoms with Gasteiger partial charge < -0.3 is 30.3 Å². The molecule has 1 heterocycles. The molecule has 0 spiro atoms. The van der Waals surface area contributed by atoms with Gasteiger partial charge in [0, 0.05) is 42.9 Å². The van der Waals surface area contributed by atoms with Gasteiger partial charge in [0.15, 0.2) is 0 Å². The van der Waals surface area contributed by atoms with Crippen molar-refractivity contribution in [2.24, 2.45) is 23.7 Å². The predicted molar refractivity (Wildman–Crippen MR) is 169 cm³/mol. The zero-order valence-corrected chi connectivity index (χ0v) is 27.0. The number of carbonyl (C=O) groups excluding carboxylic acids is 1. The maximum absolute atomic E-state index is 14.0. The number of nitrogens with one attached hydrogen (secondary N) is 1. The first kappa shape index (κ1) is 33.7. The fourth-order valence-corrected chi connectivity index (χ4v) is 6.80. The predicted octanol–water partition coefficient (Wildman–Crippen LogP) is 4.18. The van der Waals surface area contributed by atoms with E-state index in [1.165, 1.54) is 0 Å². The van der Waals surface area contributed by atoms with Crippen LogP contribution in [0.3, 0.4) is 0 Å². The largest absolute Gasteiger partial charge is 0.496 e. The minimum atomic E-state index is -1.03. The van der Waals surface area contributed by atoms with Gasteiger partial charge in [-0.25, -0.2) is 4.79 Å². The molecule has 1 saturated carbocycles. The number of benzene rings is 2. The Balaban J connectivity index is 1.69. The Morgan fingerprint density at radius 1 is 1.16 bits per heavy atom. The number of hydroxylamine groups is 2. The van der Waals surface area contributed by atoms with Crippen LogP contribution in [0.2, 0.25) is 0 Å². The van der Waals surface area contributed by atoms with Gasteiger partial charge in [-0.05, 0) is 67.7 Å². The lowest BCUT2D eigenvalue weighted by Gasteiger charge is -2.38. The molecule has 4 N–H and O–H groups in total. The van der Waals surface area contributed by atoms with Crippen LogP contribution in [0, 0.1) is 23.7 Å². The second-order valence-corrected chi connectivity index (χ2v) is 13.0. The Labute approximate surface area is 260 Å². The van der Waals surface area contributed by atoms with Crippen molar-refractivity contribution in [3.63, 3.8) is 0 Å². The van der Waals surface area contributed by atoms with Crippen LogP contribution in [0.1, 0.15) is 62.9 Å². The summed E-state index contributed by atoms with van der Waals surface area (Å²) < 4.78 is 5.89. The van der Waals surface area contributed by atoms with E-state index < -0.39 is 30.1 Å². The molecule has 10 nitrogen and oxygen atoms in total. The van der Waals surface area contributed by atoms with Gasteiger partial charge in [0.2, 0.25) is 5.91 Å². The Morgan fingerprint density at radius 2 is 1.89 bits per heavy atom. The first-order valence-corrected chi connectivity index (χ1v) is 15.6. The number of methoxy groups -OCH3 is 1. The van der Waals surface area contributed by atoms with Gasteiger partial charge in [-0.1, -0.05) is 39.0 Å². The van der Waals surface area contributed by atoms with Crippen molar-refractivity contribution in [1.82, 2.24) is 10.4 Å². The first-order valence-electron chi connectivity index (χ1n) is 15.6. The molecule has 0 bridgehead atoms. The molecule has 1 aliphatic carbocycles. The lowest BCUT2D eigenvalue weighted by Crippen LogP contribution is -2.53. The minimum absolute atomic E-state index is 0.0126. The van der Waals surface area contributed by atoms with Crippen LogP contribution >= 0.6 is 0 Å². The molecule has 0 unspecified atom stereocenters. The Hall–Kier alpha value is -3.18. The molecule has 44 heavy (non-hydrogen) atoms. The fraction of sp³-hybridized carbons (Fsp3) is 0.588. The lowest BCUT2D eigenvalue weighted by molar-refractivity contribution is -0.182. The summed E-state index contributed by atoms with van der Waals surface area (Å²) in [7, 11) is 5.25. The highest BCUT2D eigenvalue weighted by Gasteiger charge is 2.50.